The van der Waals surface area contributed by atoms with Crippen LogP contribution in [0.25, 0.3) is 0 Å². The van der Waals surface area contributed by atoms with Crippen molar-refractivity contribution in [1.82, 2.24) is 0 Å². The topological polar surface area (TPSA) is 52.6 Å². The summed E-state index contributed by atoms with van der Waals surface area (Å²) in [5, 5.41) is 0. The smallest absolute Gasteiger partial charge is 0.302 e. The van der Waals surface area contributed by atoms with Crippen LogP contribution in [0.5, 0.6) is 0 Å². The molecule has 8 aliphatic rings. The molecule has 12 atom stereocenters. The molecule has 0 N–H and O–H groups in total. The van der Waals surface area contributed by atoms with Crippen molar-refractivity contribution in [2.45, 2.75) is 211 Å². The molecule has 0 saturated heterocycles. The molecule has 0 aromatic carbocycles. The predicted molar refractivity (Wildman–Crippen MR) is 226 cm³/mol. The number of thioether (sulfide) groups is 1. The van der Waals surface area contributed by atoms with Gasteiger partial charge < -0.3 is 9.47 Å². The van der Waals surface area contributed by atoms with E-state index in [0.717, 1.165) is 24.7 Å². The van der Waals surface area contributed by atoms with Crippen molar-refractivity contribution in [2.75, 3.05) is 0 Å². The molecule has 8 rings (SSSR count). The molecule has 5 heteroatoms. The summed E-state index contributed by atoms with van der Waals surface area (Å²) in [6, 6.07) is 0. The van der Waals surface area contributed by atoms with Gasteiger partial charge in [-0.2, -0.15) is 0 Å². The molecule has 0 aromatic rings. The molecule has 0 aliphatic heterocycles. The molecule has 0 amide bonds. The van der Waals surface area contributed by atoms with Gasteiger partial charge >= 0.3 is 11.9 Å². The van der Waals surface area contributed by atoms with Crippen LogP contribution in [0.1, 0.15) is 199 Å². The Labute approximate surface area is 340 Å². The molecular formula is C50H78O4S. The quantitative estimate of drug-likeness (QED) is 0.266. The number of fused-ring (bicyclic) bond motifs is 10. The van der Waals surface area contributed by atoms with Crippen molar-refractivity contribution >= 4 is 23.7 Å². The zero-order valence-electron chi connectivity index (χ0n) is 37.2. The Morgan fingerprint density at radius 2 is 0.873 bits per heavy atom. The third-order valence-corrected chi connectivity index (χ3v) is 22.3. The van der Waals surface area contributed by atoms with Gasteiger partial charge in [0.2, 0.25) is 0 Å². The average Bonchev–Trinajstić information content (AvgIpc) is 3.08. The normalized spacial score (nSPS) is 48.6. The van der Waals surface area contributed by atoms with E-state index in [1.165, 1.54) is 103 Å². The van der Waals surface area contributed by atoms with E-state index in [4.69, 9.17) is 9.47 Å². The van der Waals surface area contributed by atoms with Gasteiger partial charge in [-0.25, -0.2) is 0 Å². The lowest BCUT2D eigenvalue weighted by Crippen LogP contribution is -2.63. The Kier molecular flexibility index (Phi) is 9.68. The van der Waals surface area contributed by atoms with E-state index in [1.807, 2.05) is 11.1 Å². The van der Waals surface area contributed by atoms with Crippen LogP contribution in [0.3, 0.4) is 0 Å². The van der Waals surface area contributed by atoms with E-state index in [2.05, 4.69) is 81.0 Å². The van der Waals surface area contributed by atoms with Crippen LogP contribution >= 0.6 is 11.8 Å². The fraction of sp³-hybridized carbons (Fsp3) is 0.880. The number of rotatable bonds is 4. The molecule has 308 valence electrons. The van der Waals surface area contributed by atoms with Gasteiger partial charge in [0.25, 0.3) is 0 Å². The van der Waals surface area contributed by atoms with Crippen molar-refractivity contribution in [3.05, 3.63) is 21.0 Å². The SMILES string of the molecule is CC(=O)O[C@H]1CC[C@@]2(C)C(CC[C@]3(C)C2CCC2=C(SC4=C5CCC6[C@@]7(C)CC[C@H](OC(C)=O)C(C)(C)C7CC[C@@]6(C)[C@]5(C)CCC4)CCC[C@]23C)C1(C)C. The first-order valence-corrected chi connectivity index (χ1v) is 23.9. The second-order valence-corrected chi connectivity index (χ2v) is 24.6. The van der Waals surface area contributed by atoms with Gasteiger partial charge in [-0.1, -0.05) is 92.1 Å². The lowest BCUT2D eigenvalue weighted by atomic mass is 9.35. The second kappa shape index (κ2) is 13.1. The van der Waals surface area contributed by atoms with Crippen LogP contribution in [0.2, 0.25) is 0 Å². The Hall–Kier alpha value is -1.23. The molecule has 0 aromatic heterocycles. The minimum Gasteiger partial charge on any atom is -0.462 e. The van der Waals surface area contributed by atoms with Crippen LogP contribution < -0.4 is 0 Å². The molecule has 8 aliphatic carbocycles. The number of hydrogen-bond donors (Lipinski definition) is 0. The fourth-order valence-corrected chi connectivity index (χ4v) is 19.7. The van der Waals surface area contributed by atoms with E-state index >= 15 is 0 Å². The van der Waals surface area contributed by atoms with Crippen LogP contribution in [-0.4, -0.2) is 24.1 Å². The van der Waals surface area contributed by atoms with E-state index in [1.54, 1.807) is 23.7 Å². The minimum atomic E-state index is -0.114. The van der Waals surface area contributed by atoms with Gasteiger partial charge in [0.1, 0.15) is 12.2 Å². The largest absolute Gasteiger partial charge is 0.462 e. The molecule has 55 heavy (non-hydrogen) atoms. The Morgan fingerprint density at radius 1 is 0.491 bits per heavy atom. The third-order valence-electron chi connectivity index (χ3n) is 20.9. The lowest BCUT2D eigenvalue weighted by molar-refractivity contribution is -0.211. The van der Waals surface area contributed by atoms with Crippen molar-refractivity contribution in [3.63, 3.8) is 0 Å². The zero-order chi connectivity index (χ0) is 39.8. The highest BCUT2D eigenvalue weighted by Crippen LogP contribution is 2.77. The minimum absolute atomic E-state index is 0.0118. The monoisotopic (exact) mass is 775 g/mol. The maximum Gasteiger partial charge on any atom is 0.302 e. The Balaban J connectivity index is 1.08. The van der Waals surface area contributed by atoms with E-state index in [9.17, 15) is 9.59 Å². The van der Waals surface area contributed by atoms with Crippen LogP contribution in [0, 0.1) is 67.0 Å². The van der Waals surface area contributed by atoms with Gasteiger partial charge in [0.05, 0.1) is 0 Å². The molecule has 6 saturated carbocycles. The Bertz CT molecular complexity index is 1550. The fourth-order valence-electron chi connectivity index (χ4n) is 18.0. The molecule has 6 fully saturated rings. The zero-order valence-corrected chi connectivity index (χ0v) is 38.0. The molecule has 0 spiro atoms. The summed E-state index contributed by atoms with van der Waals surface area (Å²) in [5.41, 5.74) is 5.47. The summed E-state index contributed by atoms with van der Waals surface area (Å²) in [6.07, 6.45) is 22.7. The first-order chi connectivity index (χ1) is 25.6. The van der Waals surface area contributed by atoms with Crippen molar-refractivity contribution in [2.24, 2.45) is 67.0 Å². The van der Waals surface area contributed by atoms with Gasteiger partial charge in [-0.15, -0.1) is 0 Å². The van der Waals surface area contributed by atoms with Crippen LogP contribution in [0.15, 0.2) is 21.0 Å². The number of ether oxygens (including phenoxy) is 2. The van der Waals surface area contributed by atoms with Gasteiger partial charge in [0.15, 0.2) is 0 Å². The molecule has 4 unspecified atom stereocenters. The molecule has 0 radical (unpaired) electrons. The summed E-state index contributed by atoms with van der Waals surface area (Å²) < 4.78 is 12.0. The van der Waals surface area contributed by atoms with Gasteiger partial charge in [-0.3, -0.25) is 9.59 Å². The number of carbonyl (C=O) groups is 2. The number of carbonyl (C=O) groups excluding carboxylic acids is 2. The first-order valence-electron chi connectivity index (χ1n) is 23.1. The van der Waals surface area contributed by atoms with E-state index in [-0.39, 0.29) is 45.8 Å². The average molecular weight is 775 g/mol. The van der Waals surface area contributed by atoms with Gasteiger partial charge in [-0.05, 0) is 182 Å². The summed E-state index contributed by atoms with van der Waals surface area (Å²) in [6.45, 7) is 29.1. The Morgan fingerprint density at radius 3 is 1.24 bits per heavy atom. The number of hydrogen-bond acceptors (Lipinski definition) is 5. The van der Waals surface area contributed by atoms with Crippen molar-refractivity contribution < 1.29 is 19.1 Å². The van der Waals surface area contributed by atoms with Crippen LogP contribution in [-0.2, 0) is 19.1 Å². The molecule has 4 nitrogen and oxygen atoms in total. The van der Waals surface area contributed by atoms with Gasteiger partial charge in [0, 0.05) is 24.7 Å². The highest BCUT2D eigenvalue weighted by Gasteiger charge is 2.69. The molecule has 0 heterocycles. The maximum atomic E-state index is 12.1. The van der Waals surface area contributed by atoms with E-state index in [0.29, 0.717) is 33.5 Å². The standard InChI is InChI=1S/C50H78O4S/c1-31(51)53-41-23-27-45(7)37(43(41,3)4)21-29-49(11)39(45)19-17-33-35(15-13-25-47(33,49)9)55-36-16-14-26-48(10)34(36)18-20-40-46(8)28-24-42(54-32(2)52)44(5,6)38(46)22-30-50(40,48)12/h37-42H,13-30H2,1-12H3/t37?,38?,39?,40?,41-,42-,45-,46-,47+,48+,49+,50+/m0/s1. The number of esters is 2. The summed E-state index contributed by atoms with van der Waals surface area (Å²) in [5.74, 6) is 2.40. The molecule has 0 bridgehead atoms. The van der Waals surface area contributed by atoms with Crippen molar-refractivity contribution in [1.29, 1.82) is 0 Å². The first kappa shape index (κ1) is 40.5. The lowest BCUT2D eigenvalue weighted by Gasteiger charge is -2.70. The second-order valence-electron chi connectivity index (χ2n) is 23.4. The van der Waals surface area contributed by atoms with E-state index < -0.39 is 0 Å². The molecular weight excluding hydrogens is 697 g/mol. The maximum absolute atomic E-state index is 12.1. The third kappa shape index (κ3) is 5.53. The predicted octanol–water partition coefficient (Wildman–Crippen LogP) is 13.8. The summed E-state index contributed by atoms with van der Waals surface area (Å²) >= 11 is 2.30. The highest BCUT2D eigenvalue weighted by atomic mass is 32.2. The van der Waals surface area contributed by atoms with Crippen LogP contribution in [0.4, 0.5) is 0 Å². The van der Waals surface area contributed by atoms with Crippen molar-refractivity contribution in [3.8, 4) is 0 Å². The summed E-state index contributed by atoms with van der Waals surface area (Å²) in [7, 11) is 0. The highest BCUT2D eigenvalue weighted by molar-refractivity contribution is 8.06. The number of allylic oxidation sites excluding steroid dienone is 4. The summed E-state index contributed by atoms with van der Waals surface area (Å²) in [4.78, 5) is 27.8.